The van der Waals surface area contributed by atoms with E-state index in [9.17, 15) is 17.2 Å². The van der Waals surface area contributed by atoms with E-state index in [4.69, 9.17) is 11.6 Å². The van der Waals surface area contributed by atoms with Crippen molar-refractivity contribution >= 4 is 27.4 Å². The average molecular weight is 382 g/mol. The third kappa shape index (κ3) is 3.75. The topological polar surface area (TPSA) is 72.0 Å². The molecule has 0 saturated heterocycles. The highest BCUT2D eigenvalue weighted by atomic mass is 35.5. The number of benzene rings is 2. The summed E-state index contributed by atoms with van der Waals surface area (Å²) in [6, 6.07) is 10.3. The molecule has 1 heterocycles. The van der Waals surface area contributed by atoms with Gasteiger partial charge in [0, 0.05) is 11.6 Å². The Morgan fingerprint density at radius 1 is 0.960 bits per heavy atom. The molecule has 2 aromatic carbocycles. The standard InChI is InChI=1S/C16H10ClF2N3O2S/c17-11-7-10(5-6-12(11)18)14-8-16(21-9-20-14)22-25(23,24)15-4-2-1-3-13(15)19/h1-9H,(H,20,21,22). The maximum atomic E-state index is 13.7. The minimum atomic E-state index is -4.16. The molecule has 3 rings (SSSR count). The number of sulfonamides is 1. The van der Waals surface area contributed by atoms with Crippen LogP contribution in [0.2, 0.25) is 5.02 Å². The number of nitrogens with one attached hydrogen (secondary N) is 1. The van der Waals surface area contributed by atoms with E-state index < -0.39 is 26.6 Å². The van der Waals surface area contributed by atoms with Gasteiger partial charge < -0.3 is 0 Å². The third-order valence-corrected chi connectivity index (χ3v) is 4.93. The molecule has 0 amide bonds. The SMILES string of the molecule is O=S(=O)(Nc1cc(-c2ccc(F)c(Cl)c2)ncn1)c1ccccc1F. The van der Waals surface area contributed by atoms with Crippen LogP contribution in [0.1, 0.15) is 0 Å². The summed E-state index contributed by atoms with van der Waals surface area (Å²) in [6.45, 7) is 0. The summed E-state index contributed by atoms with van der Waals surface area (Å²) in [7, 11) is -4.16. The molecule has 25 heavy (non-hydrogen) atoms. The lowest BCUT2D eigenvalue weighted by Crippen LogP contribution is -2.15. The molecule has 0 aliphatic carbocycles. The van der Waals surface area contributed by atoms with E-state index in [-0.39, 0.29) is 10.8 Å². The van der Waals surface area contributed by atoms with Crippen LogP contribution in [0, 0.1) is 11.6 Å². The van der Waals surface area contributed by atoms with Crippen molar-refractivity contribution < 1.29 is 17.2 Å². The van der Waals surface area contributed by atoms with Crippen LogP contribution in [-0.2, 0) is 10.0 Å². The maximum absolute atomic E-state index is 13.7. The Morgan fingerprint density at radius 2 is 1.72 bits per heavy atom. The first-order valence-electron chi connectivity index (χ1n) is 6.91. The fraction of sp³-hybridized carbons (Fsp3) is 0. The van der Waals surface area contributed by atoms with Gasteiger partial charge in [-0.2, -0.15) is 0 Å². The van der Waals surface area contributed by atoms with E-state index in [2.05, 4.69) is 14.7 Å². The highest BCUT2D eigenvalue weighted by molar-refractivity contribution is 7.92. The summed E-state index contributed by atoms with van der Waals surface area (Å²) in [5.74, 6) is -1.52. The van der Waals surface area contributed by atoms with Crippen LogP contribution in [0.25, 0.3) is 11.3 Å². The van der Waals surface area contributed by atoms with Crippen LogP contribution >= 0.6 is 11.6 Å². The molecular formula is C16H10ClF2N3O2S. The van der Waals surface area contributed by atoms with Crippen molar-refractivity contribution in [3.05, 3.63) is 71.5 Å². The molecule has 9 heteroatoms. The van der Waals surface area contributed by atoms with Gasteiger partial charge in [0.15, 0.2) is 0 Å². The maximum Gasteiger partial charge on any atom is 0.265 e. The molecule has 5 nitrogen and oxygen atoms in total. The molecule has 0 fully saturated rings. The number of nitrogens with zero attached hydrogens (tertiary/aromatic N) is 2. The van der Waals surface area contributed by atoms with Crippen LogP contribution in [0.3, 0.4) is 0 Å². The smallest absolute Gasteiger partial charge is 0.263 e. The van der Waals surface area contributed by atoms with Gasteiger partial charge in [-0.15, -0.1) is 0 Å². The van der Waals surface area contributed by atoms with Crippen molar-refractivity contribution in [2.75, 3.05) is 4.72 Å². The molecule has 0 spiro atoms. The lowest BCUT2D eigenvalue weighted by Gasteiger charge is -2.09. The van der Waals surface area contributed by atoms with Crippen molar-refractivity contribution in [1.82, 2.24) is 9.97 Å². The predicted octanol–water partition coefficient (Wildman–Crippen LogP) is 3.88. The van der Waals surface area contributed by atoms with E-state index >= 15 is 0 Å². The molecule has 1 N–H and O–H groups in total. The second kappa shape index (κ2) is 6.73. The Labute approximate surface area is 147 Å². The molecular weight excluding hydrogens is 372 g/mol. The number of rotatable bonds is 4. The van der Waals surface area contributed by atoms with Crippen molar-refractivity contribution in [3.63, 3.8) is 0 Å². The summed E-state index contributed by atoms with van der Waals surface area (Å²) in [5.41, 5.74) is 0.795. The molecule has 1 aromatic heterocycles. The molecule has 0 unspecified atom stereocenters. The Balaban J connectivity index is 1.94. The first-order chi connectivity index (χ1) is 11.9. The Hall–Kier alpha value is -2.58. The Kier molecular flexibility index (Phi) is 4.65. The number of halogens is 3. The van der Waals surface area contributed by atoms with Crippen LogP contribution in [-0.4, -0.2) is 18.4 Å². The van der Waals surface area contributed by atoms with Crippen LogP contribution in [0.15, 0.2) is 59.8 Å². The molecule has 0 aliphatic heterocycles. The summed E-state index contributed by atoms with van der Waals surface area (Å²) in [5, 5.41) is -0.0930. The Bertz CT molecular complexity index is 1050. The van der Waals surface area contributed by atoms with Gasteiger partial charge in [-0.25, -0.2) is 27.2 Å². The van der Waals surface area contributed by atoms with Crippen LogP contribution in [0.4, 0.5) is 14.6 Å². The molecule has 128 valence electrons. The summed E-state index contributed by atoms with van der Waals surface area (Å²) in [6.07, 6.45) is 1.13. The first kappa shape index (κ1) is 17.2. The number of anilines is 1. The van der Waals surface area contributed by atoms with Gasteiger partial charge in [0.1, 0.15) is 28.7 Å². The summed E-state index contributed by atoms with van der Waals surface area (Å²) >= 11 is 5.74. The Morgan fingerprint density at radius 3 is 2.44 bits per heavy atom. The number of aromatic nitrogens is 2. The first-order valence-corrected chi connectivity index (χ1v) is 8.78. The molecule has 0 radical (unpaired) electrons. The molecule has 0 aliphatic rings. The van der Waals surface area contributed by atoms with Crippen LogP contribution in [0.5, 0.6) is 0 Å². The second-order valence-electron chi connectivity index (χ2n) is 4.95. The van der Waals surface area contributed by atoms with Crippen molar-refractivity contribution in [3.8, 4) is 11.3 Å². The zero-order chi connectivity index (χ0) is 18.0. The van der Waals surface area contributed by atoms with Crippen molar-refractivity contribution in [2.24, 2.45) is 0 Å². The van der Waals surface area contributed by atoms with E-state index in [1.54, 1.807) is 0 Å². The minimum Gasteiger partial charge on any atom is -0.263 e. The van der Waals surface area contributed by atoms with E-state index in [1.807, 2.05) is 0 Å². The second-order valence-corrected chi connectivity index (χ2v) is 7.01. The van der Waals surface area contributed by atoms with Gasteiger partial charge in [-0.1, -0.05) is 23.7 Å². The molecule has 3 aromatic rings. The predicted molar refractivity (Wildman–Crippen MR) is 89.6 cm³/mol. The molecule has 0 saturated carbocycles. The van der Waals surface area contributed by atoms with Gasteiger partial charge >= 0.3 is 0 Å². The highest BCUT2D eigenvalue weighted by Crippen LogP contribution is 2.25. The van der Waals surface area contributed by atoms with Gasteiger partial charge in [-0.3, -0.25) is 4.72 Å². The zero-order valence-corrected chi connectivity index (χ0v) is 14.0. The monoisotopic (exact) mass is 381 g/mol. The highest BCUT2D eigenvalue weighted by Gasteiger charge is 2.19. The van der Waals surface area contributed by atoms with E-state index in [1.165, 1.54) is 36.4 Å². The zero-order valence-electron chi connectivity index (χ0n) is 12.4. The van der Waals surface area contributed by atoms with Crippen LogP contribution < -0.4 is 4.72 Å². The minimum absolute atomic E-state index is 0.0614. The van der Waals surface area contributed by atoms with E-state index in [0.717, 1.165) is 18.5 Å². The lowest BCUT2D eigenvalue weighted by molar-refractivity contribution is 0.570. The van der Waals surface area contributed by atoms with Gasteiger partial charge in [0.05, 0.1) is 10.7 Å². The normalized spacial score (nSPS) is 11.3. The van der Waals surface area contributed by atoms with Gasteiger partial charge in [0.25, 0.3) is 10.0 Å². The number of hydrogen-bond donors (Lipinski definition) is 1. The van der Waals surface area contributed by atoms with Gasteiger partial charge in [-0.05, 0) is 30.3 Å². The quantitative estimate of drug-likeness (QED) is 0.744. The van der Waals surface area contributed by atoms with Gasteiger partial charge in [0.2, 0.25) is 0 Å². The number of hydrogen-bond acceptors (Lipinski definition) is 4. The molecule has 0 atom stereocenters. The van der Waals surface area contributed by atoms with Crippen molar-refractivity contribution in [2.45, 2.75) is 4.90 Å². The molecule has 0 bridgehead atoms. The van der Waals surface area contributed by atoms with E-state index in [0.29, 0.717) is 11.3 Å². The van der Waals surface area contributed by atoms with Crippen molar-refractivity contribution in [1.29, 1.82) is 0 Å². The lowest BCUT2D eigenvalue weighted by atomic mass is 10.1. The average Bonchev–Trinajstić information content (AvgIpc) is 2.57. The largest absolute Gasteiger partial charge is 0.265 e. The third-order valence-electron chi connectivity index (χ3n) is 3.25. The fourth-order valence-electron chi connectivity index (χ4n) is 2.08. The fourth-order valence-corrected chi connectivity index (χ4v) is 3.34. The summed E-state index contributed by atoms with van der Waals surface area (Å²) in [4.78, 5) is 7.31. The summed E-state index contributed by atoms with van der Waals surface area (Å²) < 4.78 is 53.7.